The minimum Gasteiger partial charge on any atom is -0.468 e. The van der Waals surface area contributed by atoms with Crippen molar-refractivity contribution in [3.8, 4) is 0 Å². The monoisotopic (exact) mass is 604 g/mol. The molecular weight excluding hydrogens is 571 g/mol. The van der Waals surface area contributed by atoms with Gasteiger partial charge in [0.2, 0.25) is 11.8 Å². The van der Waals surface area contributed by atoms with E-state index >= 15 is 0 Å². The molecule has 214 valence electrons. The second kappa shape index (κ2) is 11.8. The summed E-state index contributed by atoms with van der Waals surface area (Å²) in [7, 11) is 1.37. The average Bonchev–Trinajstić information content (AvgIpc) is 3.63. The molecule has 1 N–H and O–H groups in total. The fourth-order valence-electron chi connectivity index (χ4n) is 5.93. The maximum absolute atomic E-state index is 14.2. The Bertz CT molecular complexity index is 1310. The number of hydrogen-bond donors (Lipinski definition) is 1. The van der Waals surface area contributed by atoms with E-state index in [9.17, 15) is 14.4 Å². The molecule has 7 nitrogen and oxygen atoms in total. The number of nitrogens with one attached hydrogen (secondary N) is 1. The van der Waals surface area contributed by atoms with Gasteiger partial charge in [0, 0.05) is 33.0 Å². The van der Waals surface area contributed by atoms with Gasteiger partial charge in [-0.1, -0.05) is 49.2 Å². The third-order valence-corrected chi connectivity index (χ3v) is 9.58. The van der Waals surface area contributed by atoms with E-state index in [1.807, 2.05) is 23.6 Å². The number of benzene rings is 1. The predicted molar refractivity (Wildman–Crippen MR) is 155 cm³/mol. The summed E-state index contributed by atoms with van der Waals surface area (Å²) < 4.78 is 12.1. The number of rotatable bonds is 9. The Balaban J connectivity index is 1.55. The first kappa shape index (κ1) is 29.1. The quantitative estimate of drug-likeness (QED) is 0.356. The molecule has 0 bridgehead atoms. The zero-order chi connectivity index (χ0) is 28.6. The van der Waals surface area contributed by atoms with Crippen LogP contribution in [0.25, 0.3) is 0 Å². The van der Waals surface area contributed by atoms with Crippen LogP contribution in [0, 0.1) is 23.2 Å². The molecule has 1 aliphatic carbocycles. The number of esters is 1. The molecule has 2 amide bonds. The number of methoxy groups -OCH3 is 1. The summed E-state index contributed by atoms with van der Waals surface area (Å²) >= 11 is 14.3. The Labute approximate surface area is 248 Å². The number of thiophene rings is 1. The van der Waals surface area contributed by atoms with E-state index in [-0.39, 0.29) is 49.1 Å². The molecule has 5 rings (SSSR count). The van der Waals surface area contributed by atoms with Crippen LogP contribution in [0.3, 0.4) is 0 Å². The molecule has 0 radical (unpaired) electrons. The highest BCUT2D eigenvalue weighted by Gasteiger charge is 2.63. The Hall–Kier alpha value is -2.39. The van der Waals surface area contributed by atoms with Gasteiger partial charge < -0.3 is 19.7 Å². The van der Waals surface area contributed by atoms with E-state index in [0.29, 0.717) is 27.9 Å². The lowest BCUT2D eigenvalue weighted by Gasteiger charge is -2.53. The Morgan fingerprint density at radius 3 is 2.65 bits per heavy atom. The van der Waals surface area contributed by atoms with Crippen molar-refractivity contribution in [1.29, 1.82) is 0 Å². The van der Waals surface area contributed by atoms with Crippen LogP contribution >= 0.6 is 34.5 Å². The summed E-state index contributed by atoms with van der Waals surface area (Å²) in [5.74, 6) is -1.36. The summed E-state index contributed by atoms with van der Waals surface area (Å²) in [6.45, 7) is 4.64. The lowest BCUT2D eigenvalue weighted by atomic mass is 9.64. The van der Waals surface area contributed by atoms with E-state index in [4.69, 9.17) is 32.7 Å². The maximum atomic E-state index is 14.2. The Morgan fingerprint density at radius 2 is 2.02 bits per heavy atom. The molecule has 1 saturated carbocycles. The fourth-order valence-corrected chi connectivity index (χ4v) is 7.04. The molecule has 2 fully saturated rings. The fraction of sp³-hybridized carbons (Fsp3) is 0.500. The van der Waals surface area contributed by atoms with Gasteiger partial charge >= 0.3 is 5.97 Å². The first-order valence-corrected chi connectivity index (χ1v) is 15.3. The number of hydrogen-bond acceptors (Lipinski definition) is 6. The highest BCUT2D eigenvalue weighted by Crippen LogP contribution is 2.56. The van der Waals surface area contributed by atoms with Gasteiger partial charge in [-0.3, -0.25) is 14.4 Å². The minimum atomic E-state index is -1.22. The molecule has 40 heavy (non-hydrogen) atoms. The minimum absolute atomic E-state index is 0.0495. The van der Waals surface area contributed by atoms with Crippen LogP contribution < -0.4 is 5.32 Å². The van der Waals surface area contributed by atoms with Crippen molar-refractivity contribution in [2.24, 2.45) is 23.2 Å². The largest absolute Gasteiger partial charge is 0.468 e. The van der Waals surface area contributed by atoms with Crippen molar-refractivity contribution in [3.63, 3.8) is 0 Å². The zero-order valence-corrected chi connectivity index (χ0v) is 25.2. The van der Waals surface area contributed by atoms with Crippen molar-refractivity contribution >= 4 is 52.3 Å². The summed E-state index contributed by atoms with van der Waals surface area (Å²) in [4.78, 5) is 43.8. The van der Waals surface area contributed by atoms with Gasteiger partial charge in [-0.05, 0) is 66.3 Å². The summed E-state index contributed by atoms with van der Waals surface area (Å²) in [6, 6.07) is 9.02. The third kappa shape index (κ3) is 5.69. The van der Waals surface area contributed by atoms with Crippen LogP contribution in [-0.4, -0.2) is 42.0 Å². The molecule has 4 atom stereocenters. The number of amides is 2. The van der Waals surface area contributed by atoms with E-state index in [1.54, 1.807) is 34.4 Å². The first-order chi connectivity index (χ1) is 19.1. The van der Waals surface area contributed by atoms with Gasteiger partial charge in [-0.2, -0.15) is 0 Å². The SMILES string of the molecule is COC(=O)[C@]12C[C@H](CC(=O)NCc3cccs3)C(=O)N(Cc3ccc(Cl)cc3Cl)C1=C[C@H](C(C)C)O[C@@H]2C1CC1. The van der Waals surface area contributed by atoms with E-state index < -0.39 is 23.4 Å². The van der Waals surface area contributed by atoms with Crippen molar-refractivity contribution in [2.45, 2.75) is 64.8 Å². The van der Waals surface area contributed by atoms with E-state index in [1.165, 1.54) is 7.11 Å². The Morgan fingerprint density at radius 1 is 1.25 bits per heavy atom. The van der Waals surface area contributed by atoms with Crippen LogP contribution in [0.5, 0.6) is 0 Å². The molecule has 10 heteroatoms. The van der Waals surface area contributed by atoms with Gasteiger partial charge in [-0.25, -0.2) is 0 Å². The molecule has 2 aliphatic heterocycles. The predicted octanol–water partition coefficient (Wildman–Crippen LogP) is 5.99. The molecule has 1 saturated heterocycles. The molecule has 0 spiro atoms. The number of halogens is 2. The first-order valence-electron chi connectivity index (χ1n) is 13.6. The number of carbonyl (C=O) groups excluding carboxylic acids is 3. The molecule has 3 heterocycles. The van der Waals surface area contributed by atoms with E-state index in [0.717, 1.165) is 17.7 Å². The second-order valence-corrected chi connectivity index (χ2v) is 13.1. The smallest absolute Gasteiger partial charge is 0.320 e. The summed E-state index contributed by atoms with van der Waals surface area (Å²) in [5, 5.41) is 5.79. The van der Waals surface area contributed by atoms with Crippen molar-refractivity contribution in [1.82, 2.24) is 10.2 Å². The zero-order valence-electron chi connectivity index (χ0n) is 22.8. The van der Waals surface area contributed by atoms with Crippen LogP contribution in [0.4, 0.5) is 0 Å². The second-order valence-electron chi connectivity index (χ2n) is 11.2. The van der Waals surface area contributed by atoms with Gasteiger partial charge in [0.1, 0.15) is 5.41 Å². The summed E-state index contributed by atoms with van der Waals surface area (Å²) in [5.41, 5.74) is 0.0669. The highest BCUT2D eigenvalue weighted by molar-refractivity contribution is 7.09. The molecule has 1 aromatic carbocycles. The van der Waals surface area contributed by atoms with Gasteiger partial charge in [0.05, 0.1) is 32.4 Å². The highest BCUT2D eigenvalue weighted by atomic mass is 35.5. The van der Waals surface area contributed by atoms with Gasteiger partial charge in [0.15, 0.2) is 0 Å². The van der Waals surface area contributed by atoms with Crippen LogP contribution in [-0.2, 0) is 36.9 Å². The standard InChI is InChI=1S/C30H34Cl2N2O5S/c1-17(2)24-13-25-30(29(37)38-3,27(39-24)18-6-7-18)14-20(11-26(35)33-15-22-5-4-10-40-22)28(36)34(25)16-19-8-9-21(31)12-23(19)32/h4-5,8-10,12-13,17-18,20,24,27H,6-7,11,14-16H2,1-3H3,(H,33,35)/t20-,24+,27+,30+/m0/s1. The van der Waals surface area contributed by atoms with Crippen molar-refractivity contribution < 1.29 is 23.9 Å². The average molecular weight is 606 g/mol. The molecule has 1 aromatic heterocycles. The van der Waals surface area contributed by atoms with Crippen LogP contribution in [0.1, 0.15) is 50.0 Å². The summed E-state index contributed by atoms with van der Waals surface area (Å²) in [6.07, 6.45) is 3.14. The number of nitrogens with zero attached hydrogens (tertiary/aromatic N) is 1. The van der Waals surface area contributed by atoms with Crippen LogP contribution in [0.2, 0.25) is 10.0 Å². The van der Waals surface area contributed by atoms with Crippen molar-refractivity contribution in [2.75, 3.05) is 7.11 Å². The normalized spacial score (nSPS) is 26.4. The number of likely N-dealkylation sites (tertiary alicyclic amines) is 1. The molecular formula is C30H34Cl2N2O5S. The molecule has 0 unspecified atom stereocenters. The van der Waals surface area contributed by atoms with Gasteiger partial charge in [0.25, 0.3) is 0 Å². The number of carbonyl (C=O) groups is 3. The lowest BCUT2D eigenvalue weighted by molar-refractivity contribution is -0.182. The van der Waals surface area contributed by atoms with Crippen LogP contribution in [0.15, 0.2) is 47.5 Å². The maximum Gasteiger partial charge on any atom is 0.320 e. The number of piperidine rings is 1. The van der Waals surface area contributed by atoms with E-state index in [2.05, 4.69) is 19.2 Å². The van der Waals surface area contributed by atoms with Crippen molar-refractivity contribution in [3.05, 3.63) is 68.0 Å². The number of ether oxygens (including phenoxy) is 2. The number of fused-ring (bicyclic) bond motifs is 1. The van der Waals surface area contributed by atoms with Gasteiger partial charge in [-0.15, -0.1) is 11.3 Å². The topological polar surface area (TPSA) is 84.9 Å². The molecule has 3 aliphatic rings. The third-order valence-electron chi connectivity index (χ3n) is 8.12. The lowest BCUT2D eigenvalue weighted by Crippen LogP contribution is -2.61. The molecule has 2 aromatic rings. The Kier molecular flexibility index (Phi) is 8.62.